The Balaban J connectivity index is 1.43. The molecule has 0 saturated heterocycles. The number of hydrogen-bond donors (Lipinski definition) is 2. The summed E-state index contributed by atoms with van der Waals surface area (Å²) in [6.07, 6.45) is 3.11. The van der Waals surface area contributed by atoms with Crippen molar-refractivity contribution in [1.82, 2.24) is 25.1 Å². The molecule has 1 unspecified atom stereocenters. The minimum Gasteiger partial charge on any atom is -0.453 e. The number of carbonyl (C=O) groups excluding carboxylic acids is 1. The lowest BCUT2D eigenvalue weighted by molar-refractivity contribution is -0.124. The largest absolute Gasteiger partial charge is 0.453 e. The maximum Gasteiger partial charge on any atom is 0.243 e. The summed E-state index contributed by atoms with van der Waals surface area (Å²) in [7, 11) is 0. The van der Waals surface area contributed by atoms with Gasteiger partial charge in [-0.2, -0.15) is 5.10 Å². The molecule has 0 spiro atoms. The fraction of sp³-hybridized carbons (Fsp3) is 0.143. The van der Waals surface area contributed by atoms with Crippen molar-refractivity contribution in [3.8, 4) is 22.2 Å². The number of amides is 1. The molecule has 1 aromatic carbocycles. The Morgan fingerprint density at radius 3 is 2.94 bits per heavy atom. The molecule has 3 aromatic heterocycles. The standard InChI is InChI=1S/C21H18FN5O2S2/c1-13(27-19(25-26-21(27)30)18-5-3-9-31-18)20(28)24-11-14-6-7-17(16(22)10-14)29-15-4-2-8-23-12-15/h2-10,12-13H,11H2,1H3,(H,24,28)(H,26,30). The van der Waals surface area contributed by atoms with Gasteiger partial charge in [0.05, 0.1) is 11.1 Å². The molecule has 0 aliphatic rings. The number of aromatic amines is 1. The van der Waals surface area contributed by atoms with Gasteiger partial charge in [-0.15, -0.1) is 11.3 Å². The van der Waals surface area contributed by atoms with Crippen LogP contribution in [0.4, 0.5) is 4.39 Å². The van der Waals surface area contributed by atoms with Gasteiger partial charge < -0.3 is 10.1 Å². The number of halogens is 1. The summed E-state index contributed by atoms with van der Waals surface area (Å²) in [6, 6.07) is 11.2. The summed E-state index contributed by atoms with van der Waals surface area (Å²) in [6.45, 7) is 1.90. The van der Waals surface area contributed by atoms with Crippen LogP contribution in [0.5, 0.6) is 11.5 Å². The average molecular weight is 456 g/mol. The number of nitrogens with zero attached hydrogens (tertiary/aromatic N) is 3. The summed E-state index contributed by atoms with van der Waals surface area (Å²) in [5.74, 6) is 0.342. The van der Waals surface area contributed by atoms with Crippen LogP contribution in [0.3, 0.4) is 0 Å². The number of rotatable bonds is 7. The van der Waals surface area contributed by atoms with Gasteiger partial charge in [-0.05, 0) is 60.4 Å². The van der Waals surface area contributed by atoms with E-state index in [2.05, 4.69) is 20.5 Å². The number of H-pyrrole nitrogens is 1. The van der Waals surface area contributed by atoms with Crippen molar-refractivity contribution in [2.75, 3.05) is 0 Å². The molecule has 1 amide bonds. The predicted octanol–water partition coefficient (Wildman–Crippen LogP) is 4.87. The number of benzene rings is 1. The van der Waals surface area contributed by atoms with Crippen molar-refractivity contribution in [2.24, 2.45) is 0 Å². The molecular weight excluding hydrogens is 437 g/mol. The predicted molar refractivity (Wildman–Crippen MR) is 118 cm³/mol. The second kappa shape index (κ2) is 9.19. The summed E-state index contributed by atoms with van der Waals surface area (Å²) in [5.41, 5.74) is 0.603. The topological polar surface area (TPSA) is 84.8 Å². The maximum absolute atomic E-state index is 14.4. The van der Waals surface area contributed by atoms with E-state index in [9.17, 15) is 9.18 Å². The summed E-state index contributed by atoms with van der Waals surface area (Å²) < 4.78 is 21.9. The molecule has 0 saturated carbocycles. The molecule has 0 aliphatic carbocycles. The van der Waals surface area contributed by atoms with Crippen LogP contribution in [-0.4, -0.2) is 25.7 Å². The van der Waals surface area contributed by atoms with Gasteiger partial charge in [-0.3, -0.25) is 19.4 Å². The number of nitrogens with one attached hydrogen (secondary N) is 2. The normalized spacial score (nSPS) is 11.8. The molecule has 31 heavy (non-hydrogen) atoms. The zero-order chi connectivity index (χ0) is 21.8. The van der Waals surface area contributed by atoms with E-state index in [-0.39, 0.29) is 18.2 Å². The molecular formula is C21H18FN5O2S2. The van der Waals surface area contributed by atoms with E-state index in [4.69, 9.17) is 17.0 Å². The second-order valence-electron chi connectivity index (χ2n) is 6.65. The number of aromatic nitrogens is 4. The van der Waals surface area contributed by atoms with Crippen molar-refractivity contribution in [2.45, 2.75) is 19.5 Å². The summed E-state index contributed by atoms with van der Waals surface area (Å²) in [5, 5.41) is 11.7. The van der Waals surface area contributed by atoms with E-state index in [1.807, 2.05) is 17.5 Å². The third-order valence-electron chi connectivity index (χ3n) is 4.54. The Labute approximate surface area is 186 Å². The van der Waals surface area contributed by atoms with Crippen LogP contribution < -0.4 is 10.1 Å². The van der Waals surface area contributed by atoms with Crippen molar-refractivity contribution in [3.63, 3.8) is 0 Å². The first-order valence-electron chi connectivity index (χ1n) is 9.37. The molecule has 2 N–H and O–H groups in total. The maximum atomic E-state index is 14.4. The molecule has 158 valence electrons. The fourth-order valence-corrected chi connectivity index (χ4v) is 3.97. The Kier molecular flexibility index (Phi) is 6.19. The van der Waals surface area contributed by atoms with Gasteiger partial charge in [0.1, 0.15) is 11.8 Å². The highest BCUT2D eigenvalue weighted by molar-refractivity contribution is 7.71. The molecule has 10 heteroatoms. The van der Waals surface area contributed by atoms with Crippen LogP contribution in [0.2, 0.25) is 0 Å². The van der Waals surface area contributed by atoms with Gasteiger partial charge in [0.15, 0.2) is 22.2 Å². The van der Waals surface area contributed by atoms with E-state index < -0.39 is 11.9 Å². The SMILES string of the molecule is CC(C(=O)NCc1ccc(Oc2cccnc2)c(F)c1)n1c(-c2cccs2)n[nH]c1=S. The van der Waals surface area contributed by atoms with Gasteiger partial charge in [-0.25, -0.2) is 4.39 Å². The minimum atomic E-state index is -0.596. The van der Waals surface area contributed by atoms with Crippen LogP contribution >= 0.6 is 23.6 Å². The zero-order valence-electron chi connectivity index (χ0n) is 16.4. The van der Waals surface area contributed by atoms with E-state index in [0.29, 0.717) is 21.9 Å². The summed E-state index contributed by atoms with van der Waals surface area (Å²) in [4.78, 5) is 17.6. The van der Waals surface area contributed by atoms with E-state index in [1.165, 1.54) is 29.7 Å². The van der Waals surface area contributed by atoms with E-state index in [0.717, 1.165) is 4.88 Å². The third kappa shape index (κ3) is 4.70. The van der Waals surface area contributed by atoms with Crippen molar-refractivity contribution >= 4 is 29.5 Å². The van der Waals surface area contributed by atoms with E-state index >= 15 is 0 Å². The molecule has 0 bridgehead atoms. The molecule has 7 nitrogen and oxygen atoms in total. The molecule has 0 fully saturated rings. The van der Waals surface area contributed by atoms with Crippen molar-refractivity contribution in [3.05, 3.63) is 76.4 Å². The lowest BCUT2D eigenvalue weighted by Gasteiger charge is -2.15. The number of carbonyl (C=O) groups is 1. The average Bonchev–Trinajstić information content (AvgIpc) is 3.43. The number of pyridine rings is 1. The first-order chi connectivity index (χ1) is 15.0. The number of hydrogen-bond acceptors (Lipinski definition) is 6. The summed E-state index contributed by atoms with van der Waals surface area (Å²) >= 11 is 6.81. The van der Waals surface area contributed by atoms with Gasteiger partial charge in [0.25, 0.3) is 0 Å². The Morgan fingerprint density at radius 1 is 1.35 bits per heavy atom. The van der Waals surface area contributed by atoms with Crippen LogP contribution in [0.1, 0.15) is 18.5 Å². The lowest BCUT2D eigenvalue weighted by Crippen LogP contribution is -2.31. The number of ether oxygens (including phenoxy) is 1. The molecule has 4 aromatic rings. The molecule has 0 radical (unpaired) electrons. The van der Waals surface area contributed by atoms with E-state index in [1.54, 1.807) is 35.9 Å². The highest BCUT2D eigenvalue weighted by Crippen LogP contribution is 2.26. The van der Waals surface area contributed by atoms with Crippen LogP contribution in [-0.2, 0) is 11.3 Å². The zero-order valence-corrected chi connectivity index (χ0v) is 18.0. The Bertz CT molecular complexity index is 1240. The second-order valence-corrected chi connectivity index (χ2v) is 7.98. The van der Waals surface area contributed by atoms with Gasteiger partial charge in [0.2, 0.25) is 5.91 Å². The van der Waals surface area contributed by atoms with Gasteiger partial charge >= 0.3 is 0 Å². The first kappa shape index (κ1) is 20.9. The molecule has 0 aliphatic heterocycles. The molecule has 4 rings (SSSR count). The van der Waals surface area contributed by atoms with Crippen LogP contribution in [0, 0.1) is 10.6 Å². The Morgan fingerprint density at radius 2 is 2.23 bits per heavy atom. The number of thiophene rings is 1. The smallest absolute Gasteiger partial charge is 0.243 e. The quantitative estimate of drug-likeness (QED) is 0.388. The highest BCUT2D eigenvalue weighted by Gasteiger charge is 2.21. The van der Waals surface area contributed by atoms with Crippen molar-refractivity contribution in [1.29, 1.82) is 0 Å². The first-order valence-corrected chi connectivity index (χ1v) is 10.7. The third-order valence-corrected chi connectivity index (χ3v) is 5.69. The molecule has 1 atom stereocenters. The fourth-order valence-electron chi connectivity index (χ4n) is 2.97. The Hall–Kier alpha value is -3.37. The minimum absolute atomic E-state index is 0.0849. The lowest BCUT2D eigenvalue weighted by atomic mass is 10.2. The van der Waals surface area contributed by atoms with Crippen molar-refractivity contribution < 1.29 is 13.9 Å². The monoisotopic (exact) mass is 455 g/mol. The highest BCUT2D eigenvalue weighted by atomic mass is 32.1. The van der Waals surface area contributed by atoms with Crippen LogP contribution in [0.15, 0.2) is 60.2 Å². The molecule has 3 heterocycles. The van der Waals surface area contributed by atoms with Gasteiger partial charge in [0, 0.05) is 12.7 Å². The van der Waals surface area contributed by atoms with Crippen LogP contribution in [0.25, 0.3) is 10.7 Å². The van der Waals surface area contributed by atoms with Gasteiger partial charge in [-0.1, -0.05) is 12.1 Å².